The van der Waals surface area contributed by atoms with Crippen LogP contribution in [0.15, 0.2) is 21.9 Å². The molecule has 0 spiro atoms. The Balaban J connectivity index is 1.77. The van der Waals surface area contributed by atoms with E-state index >= 15 is 0 Å². The van der Waals surface area contributed by atoms with E-state index in [1.54, 1.807) is 13.8 Å². The summed E-state index contributed by atoms with van der Waals surface area (Å²) in [6.45, 7) is 6.80. The van der Waals surface area contributed by atoms with Gasteiger partial charge in [-0.2, -0.15) is 0 Å². The number of ether oxygens (including phenoxy) is 5. The van der Waals surface area contributed by atoms with Gasteiger partial charge in [0.05, 0.1) is 25.0 Å². The van der Waals surface area contributed by atoms with E-state index in [2.05, 4.69) is 18.8 Å². The number of aliphatic hydroxyl groups is 4. The molecule has 58 heavy (non-hydrogen) atoms. The summed E-state index contributed by atoms with van der Waals surface area (Å²) in [6, 6.07) is 1.11. The van der Waals surface area contributed by atoms with Gasteiger partial charge in [-0.05, 0) is 12.8 Å². The molecule has 3 rings (SSSR count). The van der Waals surface area contributed by atoms with Crippen molar-refractivity contribution in [2.45, 2.75) is 211 Å². The fourth-order valence-corrected chi connectivity index (χ4v) is 7.62. The van der Waals surface area contributed by atoms with Gasteiger partial charge in [-0.3, -0.25) is 23.9 Å². The number of carbonyl (C=O) groups excluding carboxylic acids is 2. The molecule has 0 saturated carbocycles. The summed E-state index contributed by atoms with van der Waals surface area (Å²) in [4.78, 5) is 54.7. The zero-order chi connectivity index (χ0) is 42.5. The third-order valence-corrected chi connectivity index (χ3v) is 11.5. The lowest BCUT2D eigenvalue weighted by molar-refractivity contribution is -0.306. The predicted octanol–water partition coefficient (Wildman–Crippen LogP) is 5.19. The molecule has 0 aromatic carbocycles. The van der Waals surface area contributed by atoms with Crippen LogP contribution in [0.2, 0.25) is 0 Å². The lowest BCUT2D eigenvalue weighted by Gasteiger charge is -2.40. The minimum absolute atomic E-state index is 0.454. The third kappa shape index (κ3) is 16.1. The number of esters is 2. The van der Waals surface area contributed by atoms with Crippen LogP contribution in [0.1, 0.15) is 162 Å². The van der Waals surface area contributed by atoms with Crippen molar-refractivity contribution in [3.63, 3.8) is 0 Å². The van der Waals surface area contributed by atoms with Crippen LogP contribution in [-0.4, -0.2) is 104 Å². The molecule has 3 heterocycles. The smallest absolute Gasteiger partial charge is 0.330 e. The van der Waals surface area contributed by atoms with E-state index in [1.807, 2.05) is 0 Å². The average Bonchev–Trinajstić information content (AvgIpc) is 3.53. The monoisotopic (exact) mass is 827 g/mol. The number of aromatic nitrogens is 2. The van der Waals surface area contributed by atoms with Crippen LogP contribution >= 0.6 is 0 Å². The van der Waals surface area contributed by atoms with Crippen molar-refractivity contribution in [1.82, 2.24) is 9.55 Å². The molecule has 2 fully saturated rings. The van der Waals surface area contributed by atoms with Gasteiger partial charge in [-0.25, -0.2) is 4.79 Å². The standard InChI is InChI=1S/C43H74N2O13/c1-5-7-9-11-13-15-17-19-21-23-29(3)40(51)57-37-32(28-54-42-36(50)35(49)34(48)31(27-46)56-42)55-39(45-26-25-33(47)44-43(45)53)38(37)58-41(52)30(4)24-22-20-18-16-14-12-10-8-6-2/h25-26,29-32,34-39,42,46,48-50H,5-24,27-28H2,1-4H3,(H,44,47,53)/t29?,30?,31?,32-,34+,35?,36-,37?,38+,39-,42-/m1/s1. The van der Waals surface area contributed by atoms with Gasteiger partial charge in [-0.15, -0.1) is 0 Å². The largest absolute Gasteiger partial charge is 0.455 e. The summed E-state index contributed by atoms with van der Waals surface area (Å²) in [6.07, 6.45) is 9.64. The lowest BCUT2D eigenvalue weighted by Crippen LogP contribution is -2.59. The summed E-state index contributed by atoms with van der Waals surface area (Å²) in [5.41, 5.74) is -1.50. The first kappa shape index (κ1) is 49.7. The normalized spacial score (nSPS) is 27.0. The van der Waals surface area contributed by atoms with Crippen LogP contribution < -0.4 is 11.2 Å². The number of carbonyl (C=O) groups is 2. The van der Waals surface area contributed by atoms with Gasteiger partial charge < -0.3 is 44.1 Å². The maximum atomic E-state index is 13.7. The zero-order valence-corrected chi connectivity index (χ0v) is 35.5. The Hall–Kier alpha value is -2.66. The quantitative estimate of drug-likeness (QED) is 0.0520. The second-order valence-corrected chi connectivity index (χ2v) is 16.5. The third-order valence-electron chi connectivity index (χ3n) is 11.5. The number of rotatable bonds is 29. The van der Waals surface area contributed by atoms with Crippen LogP contribution in [0.5, 0.6) is 0 Å². The zero-order valence-electron chi connectivity index (χ0n) is 35.5. The molecule has 2 saturated heterocycles. The highest BCUT2D eigenvalue weighted by Crippen LogP contribution is 2.36. The minimum atomic E-state index is -1.72. The van der Waals surface area contributed by atoms with E-state index in [4.69, 9.17) is 23.7 Å². The van der Waals surface area contributed by atoms with Gasteiger partial charge in [0, 0.05) is 12.3 Å². The molecule has 0 aliphatic carbocycles. The van der Waals surface area contributed by atoms with E-state index in [-0.39, 0.29) is 0 Å². The number of nitrogens with one attached hydrogen (secondary N) is 1. The van der Waals surface area contributed by atoms with Gasteiger partial charge in [0.25, 0.3) is 5.56 Å². The van der Waals surface area contributed by atoms with Crippen molar-refractivity contribution in [2.75, 3.05) is 13.2 Å². The second kappa shape index (κ2) is 27.2. The molecule has 15 nitrogen and oxygen atoms in total. The van der Waals surface area contributed by atoms with Crippen LogP contribution in [0.4, 0.5) is 0 Å². The van der Waals surface area contributed by atoms with Crippen LogP contribution in [0.3, 0.4) is 0 Å². The Labute approximate surface area is 344 Å². The van der Waals surface area contributed by atoms with E-state index in [0.717, 1.165) is 62.0 Å². The first-order valence-corrected chi connectivity index (χ1v) is 22.2. The summed E-state index contributed by atoms with van der Waals surface area (Å²) in [5, 5.41) is 40.9. The van der Waals surface area contributed by atoms with Crippen molar-refractivity contribution in [1.29, 1.82) is 0 Å². The first-order valence-electron chi connectivity index (χ1n) is 22.2. The highest BCUT2D eigenvalue weighted by Gasteiger charge is 2.52. The Kier molecular flexibility index (Phi) is 23.3. The first-order chi connectivity index (χ1) is 27.9. The molecule has 1 aromatic heterocycles. The summed E-state index contributed by atoms with van der Waals surface area (Å²) < 4.78 is 30.8. The number of aromatic amines is 1. The molecule has 1 aromatic rings. The Morgan fingerprint density at radius 2 is 1.17 bits per heavy atom. The molecule has 5 unspecified atom stereocenters. The average molecular weight is 827 g/mol. The molecule has 2 aliphatic rings. The number of H-pyrrole nitrogens is 1. The molecule has 334 valence electrons. The number of hydrogen-bond acceptors (Lipinski definition) is 13. The fraction of sp³-hybridized carbons (Fsp3) is 0.860. The van der Waals surface area contributed by atoms with Gasteiger partial charge in [-0.1, -0.05) is 143 Å². The maximum absolute atomic E-state index is 13.7. The highest BCUT2D eigenvalue weighted by atomic mass is 16.7. The number of unbranched alkanes of at least 4 members (excludes halogenated alkanes) is 16. The van der Waals surface area contributed by atoms with Crippen molar-refractivity contribution < 1.29 is 53.7 Å². The molecule has 5 N–H and O–H groups in total. The van der Waals surface area contributed by atoms with Crippen molar-refractivity contribution in [3.8, 4) is 0 Å². The maximum Gasteiger partial charge on any atom is 0.330 e. The summed E-state index contributed by atoms with van der Waals surface area (Å²) in [7, 11) is 0. The highest BCUT2D eigenvalue weighted by molar-refractivity contribution is 5.73. The topological polar surface area (TPSA) is 216 Å². The lowest BCUT2D eigenvalue weighted by atomic mass is 9.99. The molecular formula is C43H74N2O13. The van der Waals surface area contributed by atoms with Crippen LogP contribution in [-0.2, 0) is 33.3 Å². The van der Waals surface area contributed by atoms with Crippen molar-refractivity contribution >= 4 is 11.9 Å². The van der Waals surface area contributed by atoms with Crippen LogP contribution in [0.25, 0.3) is 0 Å². The van der Waals surface area contributed by atoms with Gasteiger partial charge in [0.15, 0.2) is 24.7 Å². The molecule has 15 heteroatoms. The number of nitrogens with zero attached hydrogens (tertiary/aromatic N) is 1. The van der Waals surface area contributed by atoms with Gasteiger partial charge in [0.2, 0.25) is 0 Å². The molecule has 2 aliphatic heterocycles. The summed E-state index contributed by atoms with van der Waals surface area (Å²) >= 11 is 0. The molecule has 0 amide bonds. The number of hydrogen-bond donors (Lipinski definition) is 5. The Morgan fingerprint density at radius 1 is 0.690 bits per heavy atom. The molecule has 11 atom stereocenters. The van der Waals surface area contributed by atoms with Crippen molar-refractivity contribution in [2.24, 2.45) is 11.8 Å². The van der Waals surface area contributed by atoms with E-state index in [1.165, 1.54) is 70.4 Å². The molecule has 0 bridgehead atoms. The second-order valence-electron chi connectivity index (χ2n) is 16.5. The van der Waals surface area contributed by atoms with Gasteiger partial charge >= 0.3 is 17.6 Å². The molecule has 0 radical (unpaired) electrons. The van der Waals surface area contributed by atoms with Crippen LogP contribution in [0, 0.1) is 11.8 Å². The van der Waals surface area contributed by atoms with E-state index < -0.39 is 103 Å². The predicted molar refractivity (Wildman–Crippen MR) is 217 cm³/mol. The summed E-state index contributed by atoms with van der Waals surface area (Å²) in [5.74, 6) is -2.18. The SMILES string of the molecule is CCCCCCCCCCCC(C)C(=O)OC1[C@@H](CO[C@@H]2OC(CO)[C@H](O)C(O)[C@H]2O)O[C@@H](n2ccc(=O)[nH]c2=O)[C@H]1OC(=O)C(C)CCCCCCCCCCC. The molecular weight excluding hydrogens is 752 g/mol. The number of aliphatic hydroxyl groups excluding tert-OH is 4. The van der Waals surface area contributed by atoms with E-state index in [0.29, 0.717) is 12.8 Å². The fourth-order valence-electron chi connectivity index (χ4n) is 7.62. The Bertz CT molecular complexity index is 1420. The van der Waals surface area contributed by atoms with E-state index in [9.17, 15) is 39.6 Å². The Morgan fingerprint density at radius 3 is 1.66 bits per heavy atom. The van der Waals surface area contributed by atoms with Crippen molar-refractivity contribution in [3.05, 3.63) is 33.1 Å². The van der Waals surface area contributed by atoms with Gasteiger partial charge in [0.1, 0.15) is 30.5 Å². The minimum Gasteiger partial charge on any atom is -0.455 e.